The molecule has 0 N–H and O–H groups in total. The molecule has 2 heterocycles. The number of morpholine rings is 1. The Morgan fingerprint density at radius 3 is 2.79 bits per heavy atom. The summed E-state index contributed by atoms with van der Waals surface area (Å²) in [6, 6.07) is 7.91. The molecule has 6 heteroatoms. The number of carbonyl (C=O) groups excluding carboxylic acids is 1. The van der Waals surface area contributed by atoms with Gasteiger partial charge in [0.05, 0.1) is 37.2 Å². The Morgan fingerprint density at radius 1 is 1.33 bits per heavy atom. The molecule has 0 saturated carbocycles. The number of rotatable bonds is 5. The molecule has 1 atom stereocenters. The van der Waals surface area contributed by atoms with Crippen LogP contribution in [0.3, 0.4) is 0 Å². The van der Waals surface area contributed by atoms with Gasteiger partial charge in [-0.15, -0.1) is 0 Å². The van der Waals surface area contributed by atoms with Crippen molar-refractivity contribution >= 4 is 17.5 Å². The number of hydrogen-bond acceptors (Lipinski definition) is 4. The number of amides is 1. The van der Waals surface area contributed by atoms with Crippen LogP contribution in [0, 0.1) is 0 Å². The Labute approximate surface area is 148 Å². The van der Waals surface area contributed by atoms with Crippen LogP contribution in [0.4, 0.5) is 0 Å². The van der Waals surface area contributed by atoms with Crippen LogP contribution in [0.15, 0.2) is 24.3 Å². The second kappa shape index (κ2) is 7.72. The maximum atomic E-state index is 12.4. The first-order chi connectivity index (χ1) is 11.5. The molecule has 1 unspecified atom stereocenters. The Hall–Kier alpha value is -1.30. The largest absolute Gasteiger partial charge is 0.485 e. The van der Waals surface area contributed by atoms with Gasteiger partial charge in [-0.2, -0.15) is 0 Å². The third kappa shape index (κ3) is 4.21. The van der Waals surface area contributed by atoms with Crippen molar-refractivity contribution in [2.75, 3.05) is 32.8 Å². The van der Waals surface area contributed by atoms with Gasteiger partial charge in [-0.1, -0.05) is 23.7 Å². The number of hydrogen-bond donors (Lipinski definition) is 0. The molecule has 132 valence electrons. The van der Waals surface area contributed by atoms with Crippen molar-refractivity contribution in [3.63, 3.8) is 0 Å². The number of halogens is 1. The summed E-state index contributed by atoms with van der Waals surface area (Å²) in [7, 11) is 0. The van der Waals surface area contributed by atoms with Crippen LogP contribution in [0.5, 0.6) is 5.75 Å². The van der Waals surface area contributed by atoms with Crippen molar-refractivity contribution < 1.29 is 14.3 Å². The zero-order chi connectivity index (χ0) is 17.1. The maximum Gasteiger partial charge on any atom is 0.225 e. The van der Waals surface area contributed by atoms with Crippen molar-refractivity contribution in [3.8, 4) is 5.75 Å². The lowest BCUT2D eigenvalue weighted by Crippen LogP contribution is -2.57. The van der Waals surface area contributed by atoms with E-state index in [1.165, 1.54) is 0 Å². The van der Waals surface area contributed by atoms with E-state index in [2.05, 4.69) is 18.7 Å². The lowest BCUT2D eigenvalue weighted by Gasteiger charge is -2.41. The number of ether oxygens (including phenoxy) is 2. The predicted molar refractivity (Wildman–Crippen MR) is 93.5 cm³/mol. The van der Waals surface area contributed by atoms with E-state index in [4.69, 9.17) is 21.1 Å². The topological polar surface area (TPSA) is 42.0 Å². The summed E-state index contributed by atoms with van der Waals surface area (Å²) in [6.45, 7) is 8.06. The first-order valence-electron chi connectivity index (χ1n) is 8.57. The highest BCUT2D eigenvalue weighted by Gasteiger charge is 2.34. The lowest BCUT2D eigenvalue weighted by atomic mass is 10.1. The van der Waals surface area contributed by atoms with Crippen molar-refractivity contribution in [2.24, 2.45) is 0 Å². The van der Waals surface area contributed by atoms with Gasteiger partial charge < -0.3 is 14.4 Å². The van der Waals surface area contributed by atoms with Gasteiger partial charge in [0.2, 0.25) is 5.91 Å². The van der Waals surface area contributed by atoms with Gasteiger partial charge in [-0.25, -0.2) is 0 Å². The van der Waals surface area contributed by atoms with Crippen LogP contribution in [-0.4, -0.2) is 66.7 Å². The number of carbonyl (C=O) groups is 1. The van der Waals surface area contributed by atoms with Crippen molar-refractivity contribution in [2.45, 2.75) is 38.5 Å². The molecule has 2 saturated heterocycles. The minimum atomic E-state index is -0.00261. The fourth-order valence-corrected chi connectivity index (χ4v) is 3.27. The number of para-hydroxylation sites is 1. The summed E-state index contributed by atoms with van der Waals surface area (Å²) in [5, 5.41) is 0.603. The molecule has 3 rings (SSSR count). The van der Waals surface area contributed by atoms with Gasteiger partial charge >= 0.3 is 0 Å². The van der Waals surface area contributed by atoms with Gasteiger partial charge in [0.1, 0.15) is 11.9 Å². The molecule has 0 bridgehead atoms. The third-order valence-corrected chi connectivity index (χ3v) is 4.95. The van der Waals surface area contributed by atoms with Gasteiger partial charge in [0.25, 0.3) is 0 Å². The summed E-state index contributed by atoms with van der Waals surface area (Å²) < 4.78 is 11.6. The third-order valence-electron chi connectivity index (χ3n) is 4.63. The minimum absolute atomic E-state index is 0.00261. The van der Waals surface area contributed by atoms with Crippen molar-refractivity contribution in [1.29, 1.82) is 0 Å². The molecule has 0 radical (unpaired) electrons. The van der Waals surface area contributed by atoms with Crippen LogP contribution in [-0.2, 0) is 9.53 Å². The Kier molecular flexibility index (Phi) is 5.64. The first kappa shape index (κ1) is 17.5. The van der Waals surface area contributed by atoms with Gasteiger partial charge in [-0.05, 0) is 26.0 Å². The second-order valence-corrected chi connectivity index (χ2v) is 7.16. The molecule has 2 aliphatic heterocycles. The van der Waals surface area contributed by atoms with E-state index < -0.39 is 0 Å². The van der Waals surface area contributed by atoms with E-state index in [1.54, 1.807) is 6.07 Å². The van der Waals surface area contributed by atoms with E-state index in [-0.39, 0.29) is 18.1 Å². The van der Waals surface area contributed by atoms with Crippen LogP contribution >= 0.6 is 11.6 Å². The Morgan fingerprint density at radius 2 is 2.08 bits per heavy atom. The summed E-state index contributed by atoms with van der Waals surface area (Å²) in [6.07, 6.45) is 0.465. The highest BCUT2D eigenvalue weighted by atomic mass is 35.5. The average Bonchev–Trinajstić information content (AvgIpc) is 2.52. The molecule has 1 amide bonds. The highest BCUT2D eigenvalue weighted by Crippen LogP contribution is 2.26. The molecule has 1 aromatic carbocycles. The van der Waals surface area contributed by atoms with Crippen LogP contribution < -0.4 is 4.74 Å². The first-order valence-corrected chi connectivity index (χ1v) is 8.95. The number of nitrogens with zero attached hydrogens (tertiary/aromatic N) is 2. The molecule has 0 aromatic heterocycles. The molecular formula is C18H25ClN2O3. The molecule has 0 spiro atoms. The quantitative estimate of drug-likeness (QED) is 0.816. The van der Waals surface area contributed by atoms with Crippen LogP contribution in [0.1, 0.15) is 20.3 Å². The summed E-state index contributed by atoms with van der Waals surface area (Å²) in [5.41, 5.74) is 0. The SMILES string of the molecule is CC(C)N1CCOC(CC(=O)N2CC(Oc3ccccc3Cl)C2)C1. The Balaban J connectivity index is 1.43. The van der Waals surface area contributed by atoms with Crippen molar-refractivity contribution in [1.82, 2.24) is 9.80 Å². The van der Waals surface area contributed by atoms with Crippen LogP contribution in [0.25, 0.3) is 0 Å². The van der Waals surface area contributed by atoms with E-state index in [0.29, 0.717) is 42.9 Å². The lowest BCUT2D eigenvalue weighted by molar-refractivity contribution is -0.145. The fourth-order valence-electron chi connectivity index (χ4n) is 3.09. The molecule has 1 aromatic rings. The van der Waals surface area contributed by atoms with Crippen molar-refractivity contribution in [3.05, 3.63) is 29.3 Å². The van der Waals surface area contributed by atoms with E-state index in [0.717, 1.165) is 13.1 Å². The van der Waals surface area contributed by atoms with E-state index in [9.17, 15) is 4.79 Å². The van der Waals surface area contributed by atoms with Gasteiger partial charge in [0, 0.05) is 19.1 Å². The average molecular weight is 353 g/mol. The minimum Gasteiger partial charge on any atom is -0.485 e. The van der Waals surface area contributed by atoms with E-state index in [1.807, 2.05) is 23.1 Å². The smallest absolute Gasteiger partial charge is 0.225 e. The van der Waals surface area contributed by atoms with Gasteiger partial charge in [0.15, 0.2) is 0 Å². The number of likely N-dealkylation sites (tertiary alicyclic amines) is 1. The predicted octanol–water partition coefficient (Wildman–Crippen LogP) is 2.43. The summed E-state index contributed by atoms with van der Waals surface area (Å²) in [5.74, 6) is 0.823. The zero-order valence-corrected chi connectivity index (χ0v) is 15.0. The van der Waals surface area contributed by atoms with Crippen LogP contribution in [0.2, 0.25) is 5.02 Å². The van der Waals surface area contributed by atoms with Gasteiger partial charge in [-0.3, -0.25) is 9.69 Å². The zero-order valence-electron chi connectivity index (χ0n) is 14.3. The molecule has 24 heavy (non-hydrogen) atoms. The highest BCUT2D eigenvalue weighted by molar-refractivity contribution is 6.32. The molecule has 5 nitrogen and oxygen atoms in total. The summed E-state index contributed by atoms with van der Waals surface area (Å²) in [4.78, 5) is 16.6. The molecular weight excluding hydrogens is 328 g/mol. The molecule has 0 aliphatic carbocycles. The summed E-state index contributed by atoms with van der Waals surface area (Å²) >= 11 is 6.09. The number of benzene rings is 1. The Bertz CT molecular complexity index is 575. The van der Waals surface area contributed by atoms with E-state index >= 15 is 0 Å². The normalized spacial score (nSPS) is 22.5. The molecule has 2 aliphatic rings. The second-order valence-electron chi connectivity index (χ2n) is 6.75. The standard InChI is InChI=1S/C18H25ClN2O3/c1-13(2)20-7-8-23-14(10-20)9-18(22)21-11-15(12-21)24-17-6-4-3-5-16(17)19/h3-6,13-15H,7-12H2,1-2H3. The fraction of sp³-hybridized carbons (Fsp3) is 0.611. The molecule has 2 fully saturated rings. The monoisotopic (exact) mass is 352 g/mol. The maximum absolute atomic E-state index is 12.4.